The summed E-state index contributed by atoms with van der Waals surface area (Å²) in [4.78, 5) is 13.9. The maximum absolute atomic E-state index is 12.9. The lowest BCUT2D eigenvalue weighted by molar-refractivity contribution is 0.0953. The first-order valence-corrected chi connectivity index (χ1v) is 9.43. The number of thiophene rings is 1. The van der Waals surface area contributed by atoms with E-state index in [9.17, 15) is 9.18 Å². The van der Waals surface area contributed by atoms with Crippen LogP contribution in [0.2, 0.25) is 0 Å². The third-order valence-corrected chi connectivity index (χ3v) is 5.67. The average Bonchev–Trinajstić information content (AvgIpc) is 3.19. The van der Waals surface area contributed by atoms with Crippen LogP contribution in [0.5, 0.6) is 0 Å². The van der Waals surface area contributed by atoms with Crippen LogP contribution in [0, 0.1) is 12.7 Å². The molecule has 3 rings (SSSR count). The van der Waals surface area contributed by atoms with Gasteiger partial charge in [-0.2, -0.15) is 0 Å². The largest absolute Gasteiger partial charge is 0.344 e. The fourth-order valence-corrected chi connectivity index (χ4v) is 3.83. The van der Waals surface area contributed by atoms with Gasteiger partial charge in [-0.05, 0) is 36.8 Å². The van der Waals surface area contributed by atoms with E-state index in [1.807, 2.05) is 30.7 Å². The van der Waals surface area contributed by atoms with Gasteiger partial charge < -0.3 is 9.88 Å². The Labute approximate surface area is 153 Å². The highest BCUT2D eigenvalue weighted by molar-refractivity contribution is 7.98. The van der Waals surface area contributed by atoms with Crippen molar-refractivity contribution < 1.29 is 9.18 Å². The van der Waals surface area contributed by atoms with Crippen LogP contribution < -0.4 is 5.32 Å². The maximum Gasteiger partial charge on any atom is 0.261 e. The Morgan fingerprint density at radius 2 is 2.00 bits per heavy atom. The molecule has 2 heterocycles. The molecule has 130 valence electrons. The van der Waals surface area contributed by atoms with E-state index < -0.39 is 0 Å². The highest BCUT2D eigenvalue weighted by atomic mass is 32.2. The average molecular weight is 376 g/mol. The number of hydrogen-bond donors (Lipinski definition) is 1. The van der Waals surface area contributed by atoms with E-state index in [0.717, 1.165) is 15.6 Å². The summed E-state index contributed by atoms with van der Waals surface area (Å²) in [6.45, 7) is 2.28. The molecule has 2 aromatic heterocycles. The van der Waals surface area contributed by atoms with E-state index in [0.29, 0.717) is 23.0 Å². The highest BCUT2D eigenvalue weighted by Crippen LogP contribution is 2.21. The summed E-state index contributed by atoms with van der Waals surface area (Å²) in [5.41, 5.74) is 1.01. The topological polar surface area (TPSA) is 59.8 Å². The molecule has 0 bridgehead atoms. The zero-order chi connectivity index (χ0) is 17.8. The molecule has 1 aromatic carbocycles. The number of halogens is 1. The molecule has 0 radical (unpaired) electrons. The van der Waals surface area contributed by atoms with Crippen LogP contribution in [-0.4, -0.2) is 20.7 Å². The number of aryl methyl sites for hydroxylation is 1. The maximum atomic E-state index is 12.9. The van der Waals surface area contributed by atoms with E-state index in [2.05, 4.69) is 15.5 Å². The Bertz CT molecular complexity index is 873. The van der Waals surface area contributed by atoms with E-state index >= 15 is 0 Å². The quantitative estimate of drug-likeness (QED) is 0.669. The predicted molar refractivity (Wildman–Crippen MR) is 97.2 cm³/mol. The Morgan fingerprint density at radius 3 is 2.68 bits per heavy atom. The summed E-state index contributed by atoms with van der Waals surface area (Å²) in [6, 6.07) is 10.1. The highest BCUT2D eigenvalue weighted by Gasteiger charge is 2.12. The van der Waals surface area contributed by atoms with Gasteiger partial charge in [0.05, 0.1) is 11.4 Å². The molecule has 0 saturated carbocycles. The normalized spacial score (nSPS) is 10.8. The second-order valence-electron chi connectivity index (χ2n) is 5.47. The third-order valence-electron chi connectivity index (χ3n) is 3.58. The van der Waals surface area contributed by atoms with Crippen molar-refractivity contribution in [3.05, 3.63) is 63.4 Å². The Kier molecular flexibility index (Phi) is 5.50. The van der Waals surface area contributed by atoms with Gasteiger partial charge in [0.15, 0.2) is 11.0 Å². The van der Waals surface area contributed by atoms with Crippen molar-refractivity contribution in [3.8, 4) is 0 Å². The van der Waals surface area contributed by atoms with E-state index in [1.165, 1.54) is 35.2 Å². The number of thioether (sulfide) groups is 1. The summed E-state index contributed by atoms with van der Waals surface area (Å²) in [5, 5.41) is 11.9. The van der Waals surface area contributed by atoms with Crippen molar-refractivity contribution in [2.45, 2.75) is 24.4 Å². The number of nitrogens with one attached hydrogen (secondary N) is 1. The summed E-state index contributed by atoms with van der Waals surface area (Å²) >= 11 is 2.98. The van der Waals surface area contributed by atoms with Gasteiger partial charge >= 0.3 is 0 Å². The van der Waals surface area contributed by atoms with Gasteiger partial charge in [-0.1, -0.05) is 23.9 Å². The fraction of sp³-hybridized carbons (Fsp3) is 0.235. The molecule has 0 unspecified atom stereocenters. The van der Waals surface area contributed by atoms with Gasteiger partial charge in [-0.15, -0.1) is 21.5 Å². The lowest BCUT2D eigenvalue weighted by atomic mass is 10.2. The molecule has 0 atom stereocenters. The smallest absolute Gasteiger partial charge is 0.261 e. The third kappa shape index (κ3) is 4.46. The summed E-state index contributed by atoms with van der Waals surface area (Å²) in [7, 11) is 1.86. The number of benzene rings is 1. The van der Waals surface area contributed by atoms with Crippen molar-refractivity contribution in [1.82, 2.24) is 20.1 Å². The van der Waals surface area contributed by atoms with E-state index in [-0.39, 0.29) is 11.7 Å². The van der Waals surface area contributed by atoms with Crippen molar-refractivity contribution in [2.24, 2.45) is 7.05 Å². The van der Waals surface area contributed by atoms with E-state index in [1.54, 1.807) is 12.1 Å². The van der Waals surface area contributed by atoms with Crippen LogP contribution in [0.15, 0.2) is 41.6 Å². The van der Waals surface area contributed by atoms with Gasteiger partial charge in [0.1, 0.15) is 5.82 Å². The van der Waals surface area contributed by atoms with Gasteiger partial charge in [0.2, 0.25) is 0 Å². The molecular weight excluding hydrogens is 359 g/mol. The number of amides is 1. The molecule has 8 heteroatoms. The number of hydrogen-bond acceptors (Lipinski definition) is 5. The number of carbonyl (C=O) groups is 1. The minimum atomic E-state index is -0.244. The van der Waals surface area contributed by atoms with Crippen LogP contribution in [0.1, 0.15) is 25.9 Å². The molecule has 25 heavy (non-hydrogen) atoms. The van der Waals surface area contributed by atoms with Crippen molar-refractivity contribution in [2.75, 3.05) is 0 Å². The fourth-order valence-electron chi connectivity index (χ4n) is 2.16. The predicted octanol–water partition coefficient (Wildman–Crippen LogP) is 3.55. The SMILES string of the molecule is Cc1ccc(C(=O)NCc2nnc(SCc3ccc(F)cc3)n2C)s1. The second-order valence-corrected chi connectivity index (χ2v) is 7.70. The Balaban J connectivity index is 1.57. The first-order chi connectivity index (χ1) is 12.0. The Morgan fingerprint density at radius 1 is 1.24 bits per heavy atom. The molecular formula is C17H17FN4OS2. The minimum Gasteiger partial charge on any atom is -0.344 e. The van der Waals surface area contributed by atoms with Gasteiger partial charge in [-0.25, -0.2) is 4.39 Å². The molecule has 0 aliphatic heterocycles. The van der Waals surface area contributed by atoms with Crippen molar-refractivity contribution >= 4 is 29.0 Å². The van der Waals surface area contributed by atoms with Crippen LogP contribution >= 0.6 is 23.1 Å². The monoisotopic (exact) mass is 376 g/mol. The van der Waals surface area contributed by atoms with Crippen LogP contribution in [0.3, 0.4) is 0 Å². The summed E-state index contributed by atoms with van der Waals surface area (Å²) in [6.07, 6.45) is 0. The molecule has 1 N–H and O–H groups in total. The van der Waals surface area contributed by atoms with Crippen LogP contribution in [0.4, 0.5) is 4.39 Å². The Hall–Kier alpha value is -2.19. The molecule has 3 aromatic rings. The first kappa shape index (κ1) is 17.6. The van der Waals surface area contributed by atoms with Gasteiger partial charge in [0.25, 0.3) is 5.91 Å². The van der Waals surface area contributed by atoms with Crippen molar-refractivity contribution in [3.63, 3.8) is 0 Å². The number of carbonyl (C=O) groups excluding carboxylic acids is 1. The lowest BCUT2D eigenvalue weighted by Crippen LogP contribution is -2.23. The number of aromatic nitrogens is 3. The minimum absolute atomic E-state index is 0.110. The molecule has 5 nitrogen and oxygen atoms in total. The molecule has 0 aliphatic rings. The molecule has 0 saturated heterocycles. The zero-order valence-corrected chi connectivity index (χ0v) is 15.5. The standard InChI is InChI=1S/C17H17FN4OS2/c1-11-3-8-14(25-11)16(23)19-9-15-20-21-17(22(15)2)24-10-12-4-6-13(18)7-5-12/h3-8H,9-10H2,1-2H3,(H,19,23). The molecule has 0 aliphatic carbocycles. The van der Waals surface area contributed by atoms with Crippen LogP contribution in [0.25, 0.3) is 0 Å². The van der Waals surface area contributed by atoms with E-state index in [4.69, 9.17) is 0 Å². The molecule has 0 spiro atoms. The second kappa shape index (κ2) is 7.79. The lowest BCUT2D eigenvalue weighted by Gasteiger charge is -2.05. The van der Waals surface area contributed by atoms with Gasteiger partial charge in [0, 0.05) is 17.7 Å². The first-order valence-electron chi connectivity index (χ1n) is 7.63. The zero-order valence-electron chi connectivity index (χ0n) is 13.8. The number of nitrogens with zero attached hydrogens (tertiary/aromatic N) is 3. The number of rotatable bonds is 6. The van der Waals surface area contributed by atoms with Gasteiger partial charge in [-0.3, -0.25) is 4.79 Å². The summed E-state index contributed by atoms with van der Waals surface area (Å²) in [5.74, 6) is 1.00. The molecule has 0 fully saturated rings. The summed E-state index contributed by atoms with van der Waals surface area (Å²) < 4.78 is 14.8. The van der Waals surface area contributed by atoms with Crippen LogP contribution in [-0.2, 0) is 19.3 Å². The van der Waals surface area contributed by atoms with Crippen molar-refractivity contribution in [1.29, 1.82) is 0 Å². The molecule has 1 amide bonds.